The third-order valence-corrected chi connectivity index (χ3v) is 3.74. The van der Waals surface area contributed by atoms with E-state index in [1.54, 1.807) is 0 Å². The Hall–Kier alpha value is -1.72. The van der Waals surface area contributed by atoms with E-state index in [2.05, 4.69) is 20.3 Å². The zero-order chi connectivity index (χ0) is 13.2. The molecule has 0 unspecified atom stereocenters. The van der Waals surface area contributed by atoms with Gasteiger partial charge in [-0.2, -0.15) is 0 Å². The number of aromatic nitrogens is 3. The summed E-state index contributed by atoms with van der Waals surface area (Å²) in [5.41, 5.74) is 3.47. The van der Waals surface area contributed by atoms with Crippen LogP contribution in [0.5, 0.6) is 0 Å². The standard InChI is InChI=1S/C13H11ClN4S/c1-8-12(18-13-16-9(6-14)7-19-13)17-11-5-3-2-4-10(11)15-8/h2-5,7H,6H2,1H3,(H,16,17,18). The molecule has 0 aliphatic heterocycles. The fourth-order valence-corrected chi connectivity index (χ4v) is 2.67. The maximum atomic E-state index is 5.74. The topological polar surface area (TPSA) is 50.7 Å². The van der Waals surface area contributed by atoms with Crippen LogP contribution in [0.1, 0.15) is 11.4 Å². The Morgan fingerprint density at radius 3 is 2.58 bits per heavy atom. The molecule has 3 aromatic rings. The van der Waals surface area contributed by atoms with E-state index in [0.717, 1.165) is 33.4 Å². The van der Waals surface area contributed by atoms with Crippen molar-refractivity contribution in [3.05, 3.63) is 41.0 Å². The van der Waals surface area contributed by atoms with Gasteiger partial charge in [-0.1, -0.05) is 12.1 Å². The maximum Gasteiger partial charge on any atom is 0.188 e. The summed E-state index contributed by atoms with van der Waals surface area (Å²) in [5, 5.41) is 5.90. The lowest BCUT2D eigenvalue weighted by atomic mass is 10.3. The third-order valence-electron chi connectivity index (χ3n) is 2.66. The van der Waals surface area contributed by atoms with E-state index in [4.69, 9.17) is 11.6 Å². The summed E-state index contributed by atoms with van der Waals surface area (Å²) < 4.78 is 0. The van der Waals surface area contributed by atoms with Crippen LogP contribution in [0.3, 0.4) is 0 Å². The maximum absolute atomic E-state index is 5.74. The molecule has 0 saturated carbocycles. The molecule has 19 heavy (non-hydrogen) atoms. The van der Waals surface area contributed by atoms with Gasteiger partial charge >= 0.3 is 0 Å². The van der Waals surface area contributed by atoms with Crippen molar-refractivity contribution in [2.75, 3.05) is 5.32 Å². The van der Waals surface area contributed by atoms with Crippen LogP contribution in [-0.4, -0.2) is 15.0 Å². The average molecular weight is 291 g/mol. The van der Waals surface area contributed by atoms with Gasteiger partial charge in [-0.15, -0.1) is 22.9 Å². The number of alkyl halides is 1. The van der Waals surface area contributed by atoms with Crippen LogP contribution in [0, 0.1) is 6.92 Å². The number of para-hydroxylation sites is 2. The van der Waals surface area contributed by atoms with Crippen molar-refractivity contribution in [1.29, 1.82) is 0 Å². The van der Waals surface area contributed by atoms with Gasteiger partial charge in [0.25, 0.3) is 0 Å². The Morgan fingerprint density at radius 1 is 1.16 bits per heavy atom. The predicted molar refractivity (Wildman–Crippen MR) is 79.2 cm³/mol. The van der Waals surface area contributed by atoms with Crippen LogP contribution in [0.2, 0.25) is 0 Å². The molecule has 3 rings (SSSR count). The molecule has 2 aromatic heterocycles. The molecule has 0 aliphatic rings. The van der Waals surface area contributed by atoms with Gasteiger partial charge in [-0.25, -0.2) is 15.0 Å². The number of aryl methyl sites for hydroxylation is 1. The average Bonchev–Trinajstić information content (AvgIpc) is 2.87. The molecule has 0 fully saturated rings. The van der Waals surface area contributed by atoms with Crippen LogP contribution in [0.15, 0.2) is 29.6 Å². The smallest absolute Gasteiger partial charge is 0.188 e. The molecule has 0 spiro atoms. The fraction of sp³-hybridized carbons (Fsp3) is 0.154. The summed E-state index contributed by atoms with van der Waals surface area (Å²) in [6, 6.07) is 7.80. The minimum atomic E-state index is 0.417. The Morgan fingerprint density at radius 2 is 1.89 bits per heavy atom. The van der Waals surface area contributed by atoms with Gasteiger partial charge in [0.15, 0.2) is 10.9 Å². The monoisotopic (exact) mass is 290 g/mol. The second kappa shape index (κ2) is 5.11. The Kier molecular flexibility index (Phi) is 3.31. The first-order chi connectivity index (χ1) is 9.26. The Bertz CT molecular complexity index is 725. The minimum Gasteiger partial charge on any atom is -0.315 e. The van der Waals surface area contributed by atoms with E-state index in [9.17, 15) is 0 Å². The molecular weight excluding hydrogens is 280 g/mol. The van der Waals surface area contributed by atoms with Gasteiger partial charge < -0.3 is 5.32 Å². The number of nitrogens with zero attached hydrogens (tertiary/aromatic N) is 3. The number of halogens is 1. The number of hydrogen-bond donors (Lipinski definition) is 1. The normalized spacial score (nSPS) is 10.8. The zero-order valence-electron chi connectivity index (χ0n) is 10.2. The highest BCUT2D eigenvalue weighted by molar-refractivity contribution is 7.13. The van der Waals surface area contributed by atoms with Crippen molar-refractivity contribution in [2.24, 2.45) is 0 Å². The van der Waals surface area contributed by atoms with Gasteiger partial charge in [0.05, 0.1) is 28.3 Å². The van der Waals surface area contributed by atoms with Crippen molar-refractivity contribution in [3.8, 4) is 0 Å². The first kappa shape index (κ1) is 12.3. The van der Waals surface area contributed by atoms with Crippen LogP contribution in [0.25, 0.3) is 11.0 Å². The number of benzene rings is 1. The van der Waals surface area contributed by atoms with Crippen molar-refractivity contribution in [1.82, 2.24) is 15.0 Å². The highest BCUT2D eigenvalue weighted by Crippen LogP contribution is 2.23. The van der Waals surface area contributed by atoms with E-state index in [1.165, 1.54) is 11.3 Å². The van der Waals surface area contributed by atoms with Crippen molar-refractivity contribution in [2.45, 2.75) is 12.8 Å². The van der Waals surface area contributed by atoms with Crippen molar-refractivity contribution in [3.63, 3.8) is 0 Å². The SMILES string of the molecule is Cc1nc2ccccc2nc1Nc1nc(CCl)cs1. The number of fused-ring (bicyclic) bond motifs is 1. The summed E-state index contributed by atoms with van der Waals surface area (Å²) in [5.74, 6) is 1.15. The minimum absolute atomic E-state index is 0.417. The number of thiazole rings is 1. The lowest BCUT2D eigenvalue weighted by Crippen LogP contribution is -1.99. The molecular formula is C13H11ClN4S. The molecule has 2 heterocycles. The third kappa shape index (κ3) is 2.52. The summed E-state index contributed by atoms with van der Waals surface area (Å²) in [4.78, 5) is 13.4. The highest BCUT2D eigenvalue weighted by Gasteiger charge is 2.07. The largest absolute Gasteiger partial charge is 0.315 e. The molecule has 0 atom stereocenters. The van der Waals surface area contributed by atoms with Crippen LogP contribution in [-0.2, 0) is 5.88 Å². The van der Waals surface area contributed by atoms with Gasteiger partial charge in [0.2, 0.25) is 0 Å². The van der Waals surface area contributed by atoms with E-state index in [0.29, 0.717) is 5.88 Å². The lowest BCUT2D eigenvalue weighted by Gasteiger charge is -2.06. The summed E-state index contributed by atoms with van der Waals surface area (Å²) in [7, 11) is 0. The second-order valence-electron chi connectivity index (χ2n) is 4.05. The highest BCUT2D eigenvalue weighted by atomic mass is 35.5. The first-order valence-electron chi connectivity index (χ1n) is 5.77. The van der Waals surface area contributed by atoms with Gasteiger partial charge in [-0.3, -0.25) is 0 Å². The number of nitrogens with one attached hydrogen (secondary N) is 1. The summed E-state index contributed by atoms with van der Waals surface area (Å²) >= 11 is 7.25. The quantitative estimate of drug-likeness (QED) is 0.744. The first-order valence-corrected chi connectivity index (χ1v) is 7.18. The van der Waals surface area contributed by atoms with Gasteiger partial charge in [-0.05, 0) is 19.1 Å². The van der Waals surface area contributed by atoms with Gasteiger partial charge in [0, 0.05) is 5.38 Å². The van der Waals surface area contributed by atoms with E-state index in [-0.39, 0.29) is 0 Å². The van der Waals surface area contributed by atoms with Crippen LogP contribution < -0.4 is 5.32 Å². The molecule has 0 aliphatic carbocycles. The molecule has 1 aromatic carbocycles. The summed E-state index contributed by atoms with van der Waals surface area (Å²) in [6.07, 6.45) is 0. The lowest BCUT2D eigenvalue weighted by molar-refractivity contribution is 1.16. The Labute approximate surface area is 119 Å². The number of hydrogen-bond acceptors (Lipinski definition) is 5. The second-order valence-corrected chi connectivity index (χ2v) is 5.17. The molecule has 0 bridgehead atoms. The van der Waals surface area contributed by atoms with E-state index in [1.807, 2.05) is 36.6 Å². The molecule has 96 valence electrons. The predicted octanol–water partition coefficient (Wildman–Crippen LogP) is 3.88. The number of anilines is 2. The molecule has 1 N–H and O–H groups in total. The van der Waals surface area contributed by atoms with Crippen LogP contribution >= 0.6 is 22.9 Å². The molecule has 6 heteroatoms. The molecule has 0 amide bonds. The molecule has 0 radical (unpaired) electrons. The van der Waals surface area contributed by atoms with Crippen molar-refractivity contribution >= 4 is 44.9 Å². The van der Waals surface area contributed by atoms with Gasteiger partial charge in [0.1, 0.15) is 0 Å². The van der Waals surface area contributed by atoms with Crippen molar-refractivity contribution < 1.29 is 0 Å². The van der Waals surface area contributed by atoms with E-state index < -0.39 is 0 Å². The zero-order valence-corrected chi connectivity index (χ0v) is 11.8. The van der Waals surface area contributed by atoms with E-state index >= 15 is 0 Å². The Balaban J connectivity index is 1.97. The fourth-order valence-electron chi connectivity index (χ4n) is 1.73. The number of rotatable bonds is 3. The molecule has 4 nitrogen and oxygen atoms in total. The summed E-state index contributed by atoms with van der Waals surface area (Å²) in [6.45, 7) is 1.93. The molecule has 0 saturated heterocycles. The van der Waals surface area contributed by atoms with Crippen LogP contribution in [0.4, 0.5) is 10.9 Å².